The van der Waals surface area contributed by atoms with Crippen molar-refractivity contribution < 1.29 is 14.0 Å². The van der Waals surface area contributed by atoms with E-state index in [9.17, 15) is 4.79 Å². The molecule has 0 spiro atoms. The average molecular weight is 311 g/mol. The van der Waals surface area contributed by atoms with Crippen molar-refractivity contribution in [3.8, 4) is 0 Å². The first kappa shape index (κ1) is 16.8. The Morgan fingerprint density at radius 3 is 2.57 bits per heavy atom. The van der Waals surface area contributed by atoms with Crippen molar-refractivity contribution in [3.05, 3.63) is 11.6 Å². The van der Waals surface area contributed by atoms with Crippen molar-refractivity contribution >= 4 is 14.3 Å². The van der Waals surface area contributed by atoms with Gasteiger partial charge in [-0.3, -0.25) is 0 Å². The zero-order chi connectivity index (χ0) is 15.9. The molecule has 0 aromatic carbocycles. The molecule has 0 radical (unpaired) electrons. The van der Waals surface area contributed by atoms with Crippen LogP contribution >= 0.6 is 0 Å². The van der Waals surface area contributed by atoms with E-state index in [0.29, 0.717) is 12.5 Å². The summed E-state index contributed by atoms with van der Waals surface area (Å²) in [5, 5.41) is 0.152. The van der Waals surface area contributed by atoms with Crippen LogP contribution in [0.5, 0.6) is 0 Å². The molecule has 120 valence electrons. The summed E-state index contributed by atoms with van der Waals surface area (Å²) in [5.41, 5.74) is 0.437. The minimum atomic E-state index is -1.91. The third kappa shape index (κ3) is 2.85. The van der Waals surface area contributed by atoms with Crippen LogP contribution in [0, 0.1) is 5.92 Å². The highest BCUT2D eigenvalue weighted by Crippen LogP contribution is 2.54. The molecule has 4 heteroatoms. The summed E-state index contributed by atoms with van der Waals surface area (Å²) in [4.78, 5) is 12.3. The Morgan fingerprint density at radius 2 is 2.05 bits per heavy atom. The summed E-state index contributed by atoms with van der Waals surface area (Å²) >= 11 is 0. The Bertz CT molecular complexity index is 447. The standard InChI is InChI=1S/C17H30O3Si/c1-7-19-15(18)14-12-13-10-8-9-11-17(13,14)20-21(5,6)16(2,3)4/h12-13H,7-11H2,1-6H3/t13-,17-/m0/s1. The smallest absolute Gasteiger partial charge is 0.336 e. The van der Waals surface area contributed by atoms with E-state index in [1.165, 1.54) is 6.42 Å². The fourth-order valence-corrected chi connectivity index (χ4v) is 4.79. The number of carbonyl (C=O) groups is 1. The van der Waals surface area contributed by atoms with Crippen LogP contribution in [0.25, 0.3) is 0 Å². The summed E-state index contributed by atoms with van der Waals surface area (Å²) in [6, 6.07) is 0. The number of fused-ring (bicyclic) bond motifs is 1. The summed E-state index contributed by atoms with van der Waals surface area (Å²) in [5.74, 6) is 0.231. The predicted molar refractivity (Wildman–Crippen MR) is 87.7 cm³/mol. The van der Waals surface area contributed by atoms with Crippen LogP contribution in [-0.2, 0) is 14.0 Å². The number of carbonyl (C=O) groups excluding carboxylic acids is 1. The van der Waals surface area contributed by atoms with Crippen molar-refractivity contribution in [1.29, 1.82) is 0 Å². The van der Waals surface area contributed by atoms with Crippen LogP contribution in [0.15, 0.2) is 11.6 Å². The zero-order valence-electron chi connectivity index (χ0n) is 14.4. The Hall–Kier alpha value is -0.613. The quantitative estimate of drug-likeness (QED) is 0.569. The number of rotatable bonds is 4. The van der Waals surface area contributed by atoms with Gasteiger partial charge in [0.2, 0.25) is 0 Å². The van der Waals surface area contributed by atoms with E-state index in [4.69, 9.17) is 9.16 Å². The van der Waals surface area contributed by atoms with Crippen molar-refractivity contribution in [2.24, 2.45) is 5.92 Å². The molecule has 2 atom stereocenters. The van der Waals surface area contributed by atoms with Crippen molar-refractivity contribution in [3.63, 3.8) is 0 Å². The lowest BCUT2D eigenvalue weighted by molar-refractivity contribution is -0.144. The number of hydrogen-bond acceptors (Lipinski definition) is 3. The zero-order valence-corrected chi connectivity index (χ0v) is 15.4. The molecular formula is C17H30O3Si. The Labute approximate surface area is 130 Å². The predicted octanol–water partition coefficient (Wildman–Crippen LogP) is 4.44. The third-order valence-electron chi connectivity index (χ3n) is 5.47. The lowest BCUT2D eigenvalue weighted by atomic mass is 9.63. The first-order valence-electron chi connectivity index (χ1n) is 8.23. The molecule has 0 N–H and O–H groups in total. The first-order valence-corrected chi connectivity index (χ1v) is 11.1. The van der Waals surface area contributed by atoms with Gasteiger partial charge in [0.25, 0.3) is 0 Å². The molecule has 0 aliphatic heterocycles. The second-order valence-electron chi connectivity index (χ2n) is 7.90. The van der Waals surface area contributed by atoms with Crippen LogP contribution in [0.4, 0.5) is 0 Å². The maximum atomic E-state index is 12.3. The molecule has 21 heavy (non-hydrogen) atoms. The summed E-state index contributed by atoms with van der Waals surface area (Å²) in [7, 11) is -1.91. The maximum Gasteiger partial charge on any atom is 0.336 e. The molecule has 0 aromatic rings. The Kier molecular flexibility index (Phi) is 4.42. The molecule has 0 amide bonds. The lowest BCUT2D eigenvalue weighted by Crippen LogP contribution is -2.60. The van der Waals surface area contributed by atoms with E-state index in [-0.39, 0.29) is 16.6 Å². The normalized spacial score (nSPS) is 29.2. The molecule has 2 aliphatic carbocycles. The van der Waals surface area contributed by atoms with Crippen LogP contribution in [-0.4, -0.2) is 26.5 Å². The summed E-state index contributed by atoms with van der Waals surface area (Å²) in [6.45, 7) is 13.6. The molecule has 2 rings (SSSR count). The van der Waals surface area contributed by atoms with Gasteiger partial charge in [-0.25, -0.2) is 4.79 Å². The van der Waals surface area contributed by atoms with Gasteiger partial charge in [-0.1, -0.05) is 39.7 Å². The molecular weight excluding hydrogens is 280 g/mol. The lowest BCUT2D eigenvalue weighted by Gasteiger charge is -2.55. The molecule has 2 aliphatic rings. The van der Waals surface area contributed by atoms with Gasteiger partial charge in [0.15, 0.2) is 8.32 Å². The second kappa shape index (κ2) is 5.54. The number of hydrogen-bond donors (Lipinski definition) is 0. The van der Waals surface area contributed by atoms with Crippen LogP contribution < -0.4 is 0 Å². The SMILES string of the molecule is CCOC(=O)C1=C[C@@H]2CCCC[C@@]12O[Si](C)(C)C(C)(C)C. The fraction of sp³-hybridized carbons (Fsp3) is 0.824. The first-order chi connectivity index (χ1) is 9.64. The molecule has 0 bridgehead atoms. The molecule has 0 heterocycles. The highest BCUT2D eigenvalue weighted by Gasteiger charge is 2.57. The Balaban J connectivity index is 2.28. The third-order valence-corrected chi connectivity index (χ3v) is 9.96. The van der Waals surface area contributed by atoms with Crippen molar-refractivity contribution in [2.75, 3.05) is 6.61 Å². The van der Waals surface area contributed by atoms with E-state index in [2.05, 4.69) is 39.9 Å². The number of esters is 1. The maximum absolute atomic E-state index is 12.3. The molecule has 1 saturated carbocycles. The Morgan fingerprint density at radius 1 is 1.38 bits per heavy atom. The van der Waals surface area contributed by atoms with Gasteiger partial charge < -0.3 is 9.16 Å². The van der Waals surface area contributed by atoms with E-state index < -0.39 is 8.32 Å². The average Bonchev–Trinajstić information content (AvgIpc) is 2.32. The molecule has 0 unspecified atom stereocenters. The molecule has 0 aromatic heterocycles. The number of ether oxygens (including phenoxy) is 1. The van der Waals surface area contributed by atoms with E-state index in [1.54, 1.807) is 0 Å². The monoisotopic (exact) mass is 310 g/mol. The van der Waals surface area contributed by atoms with Gasteiger partial charge in [-0.05, 0) is 37.9 Å². The van der Waals surface area contributed by atoms with Gasteiger partial charge in [0.05, 0.1) is 17.8 Å². The van der Waals surface area contributed by atoms with Gasteiger partial charge in [0, 0.05) is 5.92 Å². The van der Waals surface area contributed by atoms with Crippen LogP contribution in [0.3, 0.4) is 0 Å². The highest BCUT2D eigenvalue weighted by molar-refractivity contribution is 6.74. The minimum absolute atomic E-state index is 0.152. The largest absolute Gasteiger partial charge is 0.463 e. The van der Waals surface area contributed by atoms with E-state index >= 15 is 0 Å². The minimum Gasteiger partial charge on any atom is -0.463 e. The molecule has 1 fully saturated rings. The van der Waals surface area contributed by atoms with Crippen LogP contribution in [0.1, 0.15) is 53.4 Å². The van der Waals surface area contributed by atoms with Gasteiger partial charge in [0.1, 0.15) is 0 Å². The second-order valence-corrected chi connectivity index (χ2v) is 12.6. The fourth-order valence-electron chi connectivity index (χ4n) is 3.21. The summed E-state index contributed by atoms with van der Waals surface area (Å²) in [6.07, 6.45) is 6.58. The van der Waals surface area contributed by atoms with E-state index in [0.717, 1.165) is 24.8 Å². The van der Waals surface area contributed by atoms with Gasteiger partial charge in [-0.15, -0.1) is 0 Å². The summed E-state index contributed by atoms with van der Waals surface area (Å²) < 4.78 is 12.0. The van der Waals surface area contributed by atoms with Crippen molar-refractivity contribution in [1.82, 2.24) is 0 Å². The van der Waals surface area contributed by atoms with Gasteiger partial charge in [-0.2, -0.15) is 0 Å². The molecule has 0 saturated heterocycles. The topological polar surface area (TPSA) is 35.5 Å². The molecule has 3 nitrogen and oxygen atoms in total. The van der Waals surface area contributed by atoms with Gasteiger partial charge >= 0.3 is 5.97 Å². The van der Waals surface area contributed by atoms with Crippen LogP contribution in [0.2, 0.25) is 18.1 Å². The van der Waals surface area contributed by atoms with E-state index in [1.807, 2.05) is 6.92 Å². The highest BCUT2D eigenvalue weighted by atomic mass is 28.4. The van der Waals surface area contributed by atoms with Crippen molar-refractivity contribution in [2.45, 2.75) is 77.1 Å².